The summed E-state index contributed by atoms with van der Waals surface area (Å²) < 4.78 is 0.765. The van der Waals surface area contributed by atoms with Crippen LogP contribution >= 0.6 is 15.9 Å². The number of phenolic OH excluding ortho intramolecular Hbond substituents is 1. The van der Waals surface area contributed by atoms with Crippen LogP contribution in [0.5, 0.6) is 5.75 Å². The van der Waals surface area contributed by atoms with Crippen LogP contribution < -0.4 is 5.43 Å². The molecule has 118 valence electrons. The molecule has 0 saturated carbocycles. The fourth-order valence-electron chi connectivity index (χ4n) is 1.79. The van der Waals surface area contributed by atoms with Gasteiger partial charge in [-0.15, -0.1) is 0 Å². The molecule has 0 aliphatic carbocycles. The fraction of sp³-hybridized carbons (Fsp3) is 0.0667. The van der Waals surface area contributed by atoms with Crippen molar-refractivity contribution in [2.24, 2.45) is 5.10 Å². The molecule has 0 aliphatic heterocycles. The SMILES string of the molecule is C/C(=N\NC(=O)c1ccc([N+](=O)[O-])cc1)c1cc(Br)ccc1O. The quantitative estimate of drug-likeness (QED) is 0.484. The largest absolute Gasteiger partial charge is 0.507 e. The molecule has 1 amide bonds. The number of non-ortho nitro benzene ring substituents is 1. The van der Waals surface area contributed by atoms with E-state index in [1.807, 2.05) is 0 Å². The monoisotopic (exact) mass is 377 g/mol. The zero-order valence-corrected chi connectivity index (χ0v) is 13.6. The van der Waals surface area contributed by atoms with E-state index in [0.29, 0.717) is 11.3 Å². The number of benzene rings is 2. The molecule has 23 heavy (non-hydrogen) atoms. The number of nitro groups is 1. The lowest BCUT2D eigenvalue weighted by molar-refractivity contribution is -0.384. The summed E-state index contributed by atoms with van der Waals surface area (Å²) in [5.74, 6) is -0.465. The number of nitrogens with one attached hydrogen (secondary N) is 1. The van der Waals surface area contributed by atoms with Crippen LogP contribution in [0, 0.1) is 10.1 Å². The summed E-state index contributed by atoms with van der Waals surface area (Å²) in [5, 5.41) is 24.3. The number of rotatable bonds is 4. The Kier molecular flexibility index (Phi) is 5.07. The molecule has 0 fully saturated rings. The van der Waals surface area contributed by atoms with Crippen LogP contribution in [-0.2, 0) is 0 Å². The predicted molar refractivity (Wildman–Crippen MR) is 88.6 cm³/mol. The van der Waals surface area contributed by atoms with Gasteiger partial charge in [-0.3, -0.25) is 14.9 Å². The smallest absolute Gasteiger partial charge is 0.271 e. The van der Waals surface area contributed by atoms with Gasteiger partial charge in [0.2, 0.25) is 0 Å². The molecule has 2 N–H and O–H groups in total. The number of hydrogen-bond acceptors (Lipinski definition) is 5. The fourth-order valence-corrected chi connectivity index (χ4v) is 2.15. The van der Waals surface area contributed by atoms with Gasteiger partial charge in [-0.2, -0.15) is 5.10 Å². The van der Waals surface area contributed by atoms with Crippen molar-refractivity contribution in [3.05, 3.63) is 68.2 Å². The minimum atomic E-state index is -0.542. The molecular formula is C15H12BrN3O4. The summed E-state index contributed by atoms with van der Waals surface area (Å²) in [6.45, 7) is 1.64. The van der Waals surface area contributed by atoms with Gasteiger partial charge in [-0.05, 0) is 37.3 Å². The molecule has 8 heteroatoms. The average molecular weight is 378 g/mol. The average Bonchev–Trinajstić information content (AvgIpc) is 2.54. The van der Waals surface area contributed by atoms with Crippen molar-refractivity contribution in [1.29, 1.82) is 0 Å². The third-order valence-corrected chi connectivity index (χ3v) is 3.51. The summed E-state index contributed by atoms with van der Waals surface area (Å²) in [6.07, 6.45) is 0. The zero-order valence-electron chi connectivity index (χ0n) is 12.0. The van der Waals surface area contributed by atoms with E-state index in [0.717, 1.165) is 4.47 Å². The third kappa shape index (κ3) is 4.13. The van der Waals surface area contributed by atoms with Gasteiger partial charge < -0.3 is 5.11 Å². The molecule has 0 saturated heterocycles. The number of hydrazone groups is 1. The van der Waals surface area contributed by atoms with Crippen LogP contribution in [0.1, 0.15) is 22.8 Å². The van der Waals surface area contributed by atoms with Crippen LogP contribution in [0.4, 0.5) is 5.69 Å². The lowest BCUT2D eigenvalue weighted by Crippen LogP contribution is -2.19. The van der Waals surface area contributed by atoms with Gasteiger partial charge >= 0.3 is 0 Å². The van der Waals surface area contributed by atoms with Crippen molar-refractivity contribution < 1.29 is 14.8 Å². The lowest BCUT2D eigenvalue weighted by Gasteiger charge is -2.06. The summed E-state index contributed by atoms with van der Waals surface area (Å²) in [4.78, 5) is 22.0. The Bertz CT molecular complexity index is 788. The highest BCUT2D eigenvalue weighted by Crippen LogP contribution is 2.22. The van der Waals surface area contributed by atoms with Crippen molar-refractivity contribution in [2.45, 2.75) is 6.92 Å². The summed E-state index contributed by atoms with van der Waals surface area (Å²) >= 11 is 3.29. The number of hydrogen-bond donors (Lipinski definition) is 2. The van der Waals surface area contributed by atoms with Crippen molar-refractivity contribution in [3.8, 4) is 5.75 Å². The molecule has 0 atom stereocenters. The molecule has 2 aromatic rings. The van der Waals surface area contributed by atoms with Crippen LogP contribution in [0.3, 0.4) is 0 Å². The molecule has 0 bridgehead atoms. The molecule has 2 rings (SSSR count). The Morgan fingerprint density at radius 3 is 2.52 bits per heavy atom. The van der Waals surface area contributed by atoms with E-state index in [2.05, 4.69) is 26.5 Å². The second-order valence-corrected chi connectivity index (χ2v) is 5.52. The number of carbonyl (C=O) groups excluding carboxylic acids is 1. The van der Waals surface area contributed by atoms with Gasteiger partial charge in [-0.1, -0.05) is 15.9 Å². The second-order valence-electron chi connectivity index (χ2n) is 4.60. The summed E-state index contributed by atoms with van der Waals surface area (Å²) in [5.41, 5.74) is 3.38. The number of phenols is 1. The van der Waals surface area contributed by atoms with Crippen LogP contribution in [0.25, 0.3) is 0 Å². The van der Waals surface area contributed by atoms with E-state index >= 15 is 0 Å². The molecule has 2 aromatic carbocycles. The zero-order chi connectivity index (χ0) is 17.0. The van der Waals surface area contributed by atoms with E-state index < -0.39 is 10.8 Å². The Balaban J connectivity index is 2.13. The van der Waals surface area contributed by atoms with Gasteiger partial charge in [0, 0.05) is 27.7 Å². The van der Waals surface area contributed by atoms with Crippen molar-refractivity contribution in [1.82, 2.24) is 5.43 Å². The summed E-state index contributed by atoms with van der Waals surface area (Å²) in [7, 11) is 0. The van der Waals surface area contributed by atoms with Crippen LogP contribution in [-0.4, -0.2) is 21.6 Å². The Morgan fingerprint density at radius 1 is 1.26 bits per heavy atom. The first-order valence-corrected chi connectivity index (χ1v) is 7.26. The molecule has 7 nitrogen and oxygen atoms in total. The van der Waals surface area contributed by atoms with Gasteiger partial charge in [0.05, 0.1) is 10.6 Å². The topological polar surface area (TPSA) is 105 Å². The molecule has 0 radical (unpaired) electrons. The lowest BCUT2D eigenvalue weighted by atomic mass is 10.1. The highest BCUT2D eigenvalue weighted by atomic mass is 79.9. The molecule has 0 spiro atoms. The maximum absolute atomic E-state index is 12.0. The van der Waals surface area contributed by atoms with Crippen molar-refractivity contribution in [3.63, 3.8) is 0 Å². The van der Waals surface area contributed by atoms with Gasteiger partial charge in [0.25, 0.3) is 11.6 Å². The first kappa shape index (κ1) is 16.6. The second kappa shape index (κ2) is 7.01. The Morgan fingerprint density at radius 2 is 1.91 bits per heavy atom. The number of amides is 1. The van der Waals surface area contributed by atoms with E-state index in [-0.39, 0.29) is 17.0 Å². The number of aromatic hydroxyl groups is 1. The van der Waals surface area contributed by atoms with E-state index in [9.17, 15) is 20.0 Å². The predicted octanol–water partition coefficient (Wildman–Crippen LogP) is 3.22. The molecular weight excluding hydrogens is 366 g/mol. The maximum Gasteiger partial charge on any atom is 0.271 e. The molecule has 0 aliphatic rings. The molecule has 0 unspecified atom stereocenters. The number of nitrogens with zero attached hydrogens (tertiary/aromatic N) is 2. The van der Waals surface area contributed by atoms with Crippen LogP contribution in [0.15, 0.2) is 52.0 Å². The third-order valence-electron chi connectivity index (χ3n) is 3.01. The van der Waals surface area contributed by atoms with E-state index in [1.165, 1.54) is 30.3 Å². The summed E-state index contributed by atoms with van der Waals surface area (Å²) in [6, 6.07) is 10.0. The normalized spacial score (nSPS) is 11.1. The first-order chi connectivity index (χ1) is 10.9. The molecule has 0 heterocycles. The number of carbonyl (C=O) groups is 1. The Hall–Kier alpha value is -2.74. The van der Waals surface area contributed by atoms with Gasteiger partial charge in [0.1, 0.15) is 5.75 Å². The van der Waals surface area contributed by atoms with Gasteiger partial charge in [-0.25, -0.2) is 5.43 Å². The minimum Gasteiger partial charge on any atom is -0.507 e. The highest BCUT2D eigenvalue weighted by Gasteiger charge is 2.10. The first-order valence-electron chi connectivity index (χ1n) is 6.46. The van der Waals surface area contributed by atoms with Crippen molar-refractivity contribution in [2.75, 3.05) is 0 Å². The van der Waals surface area contributed by atoms with E-state index in [4.69, 9.17) is 0 Å². The molecule has 0 aromatic heterocycles. The highest BCUT2D eigenvalue weighted by molar-refractivity contribution is 9.10. The Labute approximate surface area is 139 Å². The maximum atomic E-state index is 12.0. The van der Waals surface area contributed by atoms with Crippen molar-refractivity contribution >= 4 is 33.2 Å². The van der Waals surface area contributed by atoms with E-state index in [1.54, 1.807) is 19.1 Å². The number of nitro benzene ring substituents is 1. The number of halogens is 1. The van der Waals surface area contributed by atoms with Crippen LogP contribution in [0.2, 0.25) is 0 Å². The standard InChI is InChI=1S/C15H12BrN3O4/c1-9(13-8-11(16)4-7-14(13)20)17-18-15(21)10-2-5-12(6-3-10)19(22)23/h2-8,20H,1H3,(H,18,21)/b17-9+. The minimum absolute atomic E-state index is 0.0408. The van der Waals surface area contributed by atoms with Gasteiger partial charge in [0.15, 0.2) is 0 Å².